The van der Waals surface area contributed by atoms with Crippen LogP contribution in [0.2, 0.25) is 0 Å². The van der Waals surface area contributed by atoms with Crippen molar-refractivity contribution in [1.29, 1.82) is 0 Å². The van der Waals surface area contributed by atoms with Crippen molar-refractivity contribution in [3.63, 3.8) is 0 Å². The van der Waals surface area contributed by atoms with Gasteiger partial charge >= 0.3 is 0 Å². The third kappa shape index (κ3) is 3.01. The Morgan fingerprint density at radius 1 is 1.17 bits per heavy atom. The molecule has 0 saturated carbocycles. The number of nitrogens with one attached hydrogen (secondary N) is 1. The van der Waals surface area contributed by atoms with E-state index < -0.39 is 0 Å². The van der Waals surface area contributed by atoms with Crippen LogP contribution in [0.3, 0.4) is 0 Å². The Morgan fingerprint density at radius 2 is 1.92 bits per heavy atom. The molecule has 3 rings (SSSR count). The molecule has 0 aliphatic heterocycles. The second-order valence-electron chi connectivity index (χ2n) is 6.38. The van der Waals surface area contributed by atoms with Crippen LogP contribution < -0.4 is 10.2 Å². The SMILES string of the molecule is Cc1nn(C)c(N(C)C)c1CNCCn1c(C)nc2ccccc21. The summed E-state index contributed by atoms with van der Waals surface area (Å²) in [6.45, 7) is 6.75. The van der Waals surface area contributed by atoms with Gasteiger partial charge in [-0.3, -0.25) is 4.68 Å². The van der Waals surface area contributed by atoms with E-state index in [4.69, 9.17) is 0 Å². The van der Waals surface area contributed by atoms with Gasteiger partial charge in [-0.05, 0) is 26.0 Å². The lowest BCUT2D eigenvalue weighted by atomic mass is 10.2. The van der Waals surface area contributed by atoms with Gasteiger partial charge in [0.1, 0.15) is 11.6 Å². The van der Waals surface area contributed by atoms with Crippen molar-refractivity contribution in [2.24, 2.45) is 7.05 Å². The summed E-state index contributed by atoms with van der Waals surface area (Å²) >= 11 is 0. The Hall–Kier alpha value is -2.34. The number of rotatable bonds is 6. The summed E-state index contributed by atoms with van der Waals surface area (Å²) in [7, 11) is 6.11. The van der Waals surface area contributed by atoms with Crippen molar-refractivity contribution in [1.82, 2.24) is 24.6 Å². The average Bonchev–Trinajstić information content (AvgIpc) is 2.99. The number of fused-ring (bicyclic) bond motifs is 1. The topological polar surface area (TPSA) is 50.9 Å². The van der Waals surface area contributed by atoms with Crippen molar-refractivity contribution >= 4 is 16.9 Å². The van der Waals surface area contributed by atoms with Gasteiger partial charge in [0.2, 0.25) is 0 Å². The van der Waals surface area contributed by atoms with Crippen molar-refractivity contribution in [2.45, 2.75) is 26.9 Å². The molecule has 1 aromatic carbocycles. The number of hydrogen-bond donors (Lipinski definition) is 1. The minimum Gasteiger partial charge on any atom is -0.363 e. The molecule has 3 aromatic rings. The summed E-state index contributed by atoms with van der Waals surface area (Å²) in [6, 6.07) is 8.29. The van der Waals surface area contributed by atoms with Gasteiger partial charge < -0.3 is 14.8 Å². The van der Waals surface area contributed by atoms with E-state index in [1.807, 2.05) is 17.8 Å². The van der Waals surface area contributed by atoms with Crippen LogP contribution in [0.25, 0.3) is 11.0 Å². The number of aryl methyl sites for hydroxylation is 3. The Labute approximate surface area is 143 Å². The molecular weight excluding hydrogens is 300 g/mol. The van der Waals surface area contributed by atoms with Crippen molar-refractivity contribution in [3.05, 3.63) is 41.3 Å². The molecule has 0 saturated heterocycles. The summed E-state index contributed by atoms with van der Waals surface area (Å²) in [5, 5.41) is 8.09. The molecule has 128 valence electrons. The van der Waals surface area contributed by atoms with Gasteiger partial charge in [-0.2, -0.15) is 5.10 Å². The van der Waals surface area contributed by atoms with E-state index in [9.17, 15) is 0 Å². The molecule has 0 atom stereocenters. The van der Waals surface area contributed by atoms with Crippen LogP contribution >= 0.6 is 0 Å². The molecule has 2 aromatic heterocycles. The highest BCUT2D eigenvalue weighted by atomic mass is 15.4. The third-order valence-corrected chi connectivity index (χ3v) is 4.40. The quantitative estimate of drug-likeness (QED) is 0.706. The first kappa shape index (κ1) is 16.5. The maximum atomic E-state index is 4.62. The molecule has 0 aliphatic rings. The molecule has 0 radical (unpaired) electrons. The zero-order valence-electron chi connectivity index (χ0n) is 15.2. The minimum absolute atomic E-state index is 0.818. The van der Waals surface area contributed by atoms with Gasteiger partial charge in [0.25, 0.3) is 0 Å². The standard InChI is InChI=1S/C18H26N6/c1-13-15(18(22(3)4)23(5)21-13)12-19-10-11-24-14(2)20-16-8-6-7-9-17(16)24/h6-9,19H,10-12H2,1-5H3. The number of para-hydroxylation sites is 2. The molecule has 6 heteroatoms. The smallest absolute Gasteiger partial charge is 0.130 e. The van der Waals surface area contributed by atoms with Crippen LogP contribution in [0.1, 0.15) is 17.1 Å². The van der Waals surface area contributed by atoms with Crippen LogP contribution in [-0.2, 0) is 20.1 Å². The van der Waals surface area contributed by atoms with Crippen LogP contribution in [0, 0.1) is 13.8 Å². The predicted molar refractivity (Wildman–Crippen MR) is 98.4 cm³/mol. The van der Waals surface area contributed by atoms with E-state index >= 15 is 0 Å². The second-order valence-corrected chi connectivity index (χ2v) is 6.38. The lowest BCUT2D eigenvalue weighted by Gasteiger charge is -2.16. The number of anilines is 1. The van der Waals surface area contributed by atoms with Gasteiger partial charge in [-0.15, -0.1) is 0 Å². The summed E-state index contributed by atoms with van der Waals surface area (Å²) in [5.41, 5.74) is 4.60. The molecule has 1 N–H and O–H groups in total. The molecule has 0 unspecified atom stereocenters. The first-order valence-corrected chi connectivity index (χ1v) is 8.31. The first-order valence-electron chi connectivity index (χ1n) is 8.31. The fourth-order valence-corrected chi connectivity index (χ4v) is 3.34. The lowest BCUT2D eigenvalue weighted by Crippen LogP contribution is -2.22. The summed E-state index contributed by atoms with van der Waals surface area (Å²) in [6.07, 6.45) is 0. The van der Waals surface area contributed by atoms with Crippen LogP contribution in [0.5, 0.6) is 0 Å². The number of nitrogens with zero attached hydrogens (tertiary/aromatic N) is 5. The highest BCUT2D eigenvalue weighted by molar-refractivity contribution is 5.75. The maximum Gasteiger partial charge on any atom is 0.130 e. The molecule has 6 nitrogen and oxygen atoms in total. The second kappa shape index (κ2) is 6.65. The van der Waals surface area contributed by atoms with E-state index in [1.165, 1.54) is 11.1 Å². The summed E-state index contributed by atoms with van der Waals surface area (Å²) in [5.74, 6) is 2.22. The van der Waals surface area contributed by atoms with Gasteiger partial charge in [0.05, 0.1) is 16.7 Å². The van der Waals surface area contributed by atoms with Gasteiger partial charge in [-0.25, -0.2) is 4.98 Å². The highest BCUT2D eigenvalue weighted by Crippen LogP contribution is 2.21. The largest absolute Gasteiger partial charge is 0.363 e. The Morgan fingerprint density at radius 3 is 2.67 bits per heavy atom. The number of imidazole rings is 1. The molecule has 2 heterocycles. The van der Waals surface area contributed by atoms with Gasteiger partial charge in [0.15, 0.2) is 0 Å². The van der Waals surface area contributed by atoms with E-state index in [0.717, 1.165) is 42.5 Å². The summed E-state index contributed by atoms with van der Waals surface area (Å²) < 4.78 is 4.21. The minimum atomic E-state index is 0.818. The number of aromatic nitrogens is 4. The third-order valence-electron chi connectivity index (χ3n) is 4.40. The molecule has 0 bridgehead atoms. The Bertz CT molecular complexity index is 843. The van der Waals surface area contributed by atoms with E-state index in [2.05, 4.69) is 71.0 Å². The highest BCUT2D eigenvalue weighted by Gasteiger charge is 2.14. The maximum absolute atomic E-state index is 4.62. The van der Waals surface area contributed by atoms with E-state index in [-0.39, 0.29) is 0 Å². The normalized spacial score (nSPS) is 11.4. The number of hydrogen-bond acceptors (Lipinski definition) is 4. The van der Waals surface area contributed by atoms with E-state index in [0.29, 0.717) is 0 Å². The molecule has 0 aliphatic carbocycles. The van der Waals surface area contributed by atoms with Gasteiger partial charge in [0, 0.05) is 46.3 Å². The predicted octanol–water partition coefficient (Wildman–Crippen LogP) is 2.24. The number of benzene rings is 1. The lowest BCUT2D eigenvalue weighted by molar-refractivity contribution is 0.596. The molecule has 24 heavy (non-hydrogen) atoms. The fraction of sp³-hybridized carbons (Fsp3) is 0.444. The van der Waals surface area contributed by atoms with Crippen LogP contribution in [0.15, 0.2) is 24.3 Å². The van der Waals surface area contributed by atoms with Crippen LogP contribution in [0.4, 0.5) is 5.82 Å². The first-order chi connectivity index (χ1) is 11.5. The monoisotopic (exact) mass is 326 g/mol. The zero-order chi connectivity index (χ0) is 17.3. The Balaban J connectivity index is 1.66. The fourth-order valence-electron chi connectivity index (χ4n) is 3.34. The van der Waals surface area contributed by atoms with Crippen molar-refractivity contribution < 1.29 is 0 Å². The van der Waals surface area contributed by atoms with Crippen molar-refractivity contribution in [3.8, 4) is 0 Å². The van der Waals surface area contributed by atoms with Crippen LogP contribution in [-0.4, -0.2) is 40.0 Å². The summed E-state index contributed by atoms with van der Waals surface area (Å²) in [4.78, 5) is 6.74. The molecule has 0 fully saturated rings. The average molecular weight is 326 g/mol. The van der Waals surface area contributed by atoms with E-state index in [1.54, 1.807) is 0 Å². The molecule has 0 spiro atoms. The van der Waals surface area contributed by atoms with Gasteiger partial charge in [-0.1, -0.05) is 12.1 Å². The molecular formula is C18H26N6. The molecule has 0 amide bonds. The van der Waals surface area contributed by atoms with Crippen molar-refractivity contribution in [2.75, 3.05) is 25.5 Å². The Kier molecular flexibility index (Phi) is 4.57. The zero-order valence-corrected chi connectivity index (χ0v) is 15.2.